The molecule has 1 heterocycles. The lowest BCUT2D eigenvalue weighted by Crippen LogP contribution is -2.19. The maximum Gasteiger partial charge on any atom is 0.283 e. The van der Waals surface area contributed by atoms with Crippen LogP contribution < -0.4 is 9.54 Å². The number of ether oxygens (including phenoxy) is 1. The molecule has 6 nitrogen and oxygen atoms in total. The third kappa shape index (κ3) is 4.93. The van der Waals surface area contributed by atoms with Crippen LogP contribution in [-0.2, 0) is 12.0 Å². The summed E-state index contributed by atoms with van der Waals surface area (Å²) in [5, 5.41) is 14.6. The summed E-state index contributed by atoms with van der Waals surface area (Å²) in [6, 6.07) is 6.95. The van der Waals surface area contributed by atoms with Crippen molar-refractivity contribution in [2.24, 2.45) is 4.99 Å². The van der Waals surface area contributed by atoms with Crippen LogP contribution >= 0.6 is 22.9 Å². The lowest BCUT2D eigenvalue weighted by Gasteiger charge is -2.12. The maximum atomic E-state index is 12.7. The summed E-state index contributed by atoms with van der Waals surface area (Å²) < 4.78 is 6.93. The number of carbonyl (C=O) groups is 1. The molecule has 0 unspecified atom stereocenters. The van der Waals surface area contributed by atoms with E-state index in [0.29, 0.717) is 40.5 Å². The Labute approximate surface area is 161 Å². The van der Waals surface area contributed by atoms with E-state index in [9.17, 15) is 4.79 Å². The molecule has 138 valence electrons. The average molecular weight is 393 g/mol. The van der Waals surface area contributed by atoms with Gasteiger partial charge in [0, 0.05) is 23.4 Å². The predicted octanol–water partition coefficient (Wildman–Crippen LogP) is 3.95. The van der Waals surface area contributed by atoms with E-state index < -0.39 is 5.91 Å². The first-order valence-electron chi connectivity index (χ1n) is 8.14. The number of benzene rings is 1. The number of aromatic nitrogens is 2. The van der Waals surface area contributed by atoms with E-state index >= 15 is 0 Å². The van der Waals surface area contributed by atoms with Crippen molar-refractivity contribution in [2.75, 3.05) is 7.11 Å². The molecule has 0 aliphatic carbocycles. The third-order valence-electron chi connectivity index (χ3n) is 3.51. The number of hydrogen-bond acceptors (Lipinski definition) is 5. The summed E-state index contributed by atoms with van der Waals surface area (Å²) in [5.74, 6) is -0.0257. The van der Waals surface area contributed by atoms with E-state index in [-0.39, 0.29) is 5.41 Å². The van der Waals surface area contributed by atoms with Crippen LogP contribution in [0.1, 0.15) is 49.0 Å². The highest BCUT2D eigenvalue weighted by atomic mass is 35.5. The number of methoxy groups -OCH3 is 1. The van der Waals surface area contributed by atoms with Crippen LogP contribution in [0.25, 0.3) is 0 Å². The van der Waals surface area contributed by atoms with E-state index in [4.69, 9.17) is 21.6 Å². The Morgan fingerprint density at radius 1 is 1.46 bits per heavy atom. The molecule has 1 aromatic carbocycles. The van der Waals surface area contributed by atoms with Gasteiger partial charge in [0.2, 0.25) is 4.80 Å². The number of amides is 1. The van der Waals surface area contributed by atoms with E-state index in [1.807, 2.05) is 0 Å². The van der Waals surface area contributed by atoms with E-state index in [1.54, 1.807) is 16.8 Å². The van der Waals surface area contributed by atoms with Crippen LogP contribution in [0.2, 0.25) is 5.02 Å². The van der Waals surface area contributed by atoms with Crippen molar-refractivity contribution in [2.45, 2.75) is 45.6 Å². The van der Waals surface area contributed by atoms with Crippen molar-refractivity contribution < 1.29 is 9.53 Å². The zero-order chi connectivity index (χ0) is 19.3. The lowest BCUT2D eigenvalue weighted by molar-refractivity contribution is 0.0994. The highest BCUT2D eigenvalue weighted by molar-refractivity contribution is 7.09. The Morgan fingerprint density at radius 2 is 2.19 bits per heavy atom. The zero-order valence-electron chi connectivity index (χ0n) is 15.2. The Morgan fingerprint density at radius 3 is 2.81 bits per heavy atom. The van der Waals surface area contributed by atoms with Gasteiger partial charge in [-0.15, -0.1) is 0 Å². The molecule has 0 atom stereocenters. The highest BCUT2D eigenvalue weighted by Gasteiger charge is 2.20. The molecular formula is C18H21ClN4O2S. The molecular weight excluding hydrogens is 372 g/mol. The monoisotopic (exact) mass is 392 g/mol. The van der Waals surface area contributed by atoms with Crippen LogP contribution in [0.3, 0.4) is 0 Å². The fourth-order valence-electron chi connectivity index (χ4n) is 2.14. The number of nitrogens with zero attached hydrogens (tertiary/aromatic N) is 4. The van der Waals surface area contributed by atoms with Crippen molar-refractivity contribution >= 4 is 28.8 Å². The fraction of sp³-hybridized carbons (Fsp3) is 0.444. The fourth-order valence-corrected chi connectivity index (χ4v) is 3.30. The minimum Gasteiger partial charge on any atom is -0.496 e. The topological polar surface area (TPSA) is 80.3 Å². The second-order valence-electron chi connectivity index (χ2n) is 6.69. The second-order valence-corrected chi connectivity index (χ2v) is 8.08. The smallest absolute Gasteiger partial charge is 0.283 e. The van der Waals surface area contributed by atoms with E-state index in [2.05, 4.69) is 36.9 Å². The molecule has 2 aromatic rings. The molecule has 0 aliphatic rings. The summed E-state index contributed by atoms with van der Waals surface area (Å²) >= 11 is 7.38. The van der Waals surface area contributed by atoms with Crippen molar-refractivity contribution in [1.82, 2.24) is 9.78 Å². The van der Waals surface area contributed by atoms with Gasteiger partial charge in [-0.2, -0.15) is 15.4 Å². The van der Waals surface area contributed by atoms with Gasteiger partial charge >= 0.3 is 0 Å². The Kier molecular flexibility index (Phi) is 6.57. The molecule has 1 aromatic heterocycles. The normalized spacial score (nSPS) is 12.1. The minimum atomic E-state index is -0.442. The Balaban J connectivity index is 2.48. The van der Waals surface area contributed by atoms with Gasteiger partial charge in [0.15, 0.2) is 0 Å². The maximum absolute atomic E-state index is 12.7. The quantitative estimate of drug-likeness (QED) is 0.721. The van der Waals surface area contributed by atoms with Crippen molar-refractivity contribution in [3.63, 3.8) is 0 Å². The summed E-state index contributed by atoms with van der Waals surface area (Å²) in [4.78, 5) is 17.4. The standard InChI is InChI=1S/C18H21ClN4O2S/c1-18(2,3)16-22-23(10-6-5-9-20)17(26-16)21-15(24)13-11-12(19)7-8-14(13)25-4/h7-8,11H,5-6,10H2,1-4H3/b21-17-. The molecule has 0 spiro atoms. The molecule has 0 saturated carbocycles. The largest absolute Gasteiger partial charge is 0.496 e. The number of hydrogen-bond donors (Lipinski definition) is 0. The minimum absolute atomic E-state index is 0.161. The van der Waals surface area contributed by atoms with Crippen molar-refractivity contribution in [3.8, 4) is 11.8 Å². The summed E-state index contributed by atoms with van der Waals surface area (Å²) in [7, 11) is 1.49. The SMILES string of the molecule is COc1ccc(Cl)cc1C(=O)/N=c1\sc(C(C)(C)C)nn1CCCC#N. The van der Waals surface area contributed by atoms with Crippen LogP contribution in [-0.4, -0.2) is 22.8 Å². The lowest BCUT2D eigenvalue weighted by atomic mass is 9.98. The first kappa shape index (κ1) is 20.1. The molecule has 0 saturated heterocycles. The van der Waals surface area contributed by atoms with Crippen LogP contribution in [0.15, 0.2) is 23.2 Å². The Hall–Kier alpha value is -2.17. The molecule has 0 fully saturated rings. The molecule has 2 rings (SSSR count). The zero-order valence-corrected chi connectivity index (χ0v) is 16.8. The van der Waals surface area contributed by atoms with Gasteiger partial charge in [0.25, 0.3) is 5.91 Å². The first-order chi connectivity index (χ1) is 12.3. The highest BCUT2D eigenvalue weighted by Crippen LogP contribution is 2.24. The first-order valence-corrected chi connectivity index (χ1v) is 9.33. The number of aryl methyl sites for hydroxylation is 1. The van der Waals surface area contributed by atoms with Crippen LogP contribution in [0.4, 0.5) is 0 Å². The third-order valence-corrected chi connectivity index (χ3v) is 5.12. The Bertz CT molecular complexity index is 903. The molecule has 26 heavy (non-hydrogen) atoms. The van der Waals surface area contributed by atoms with E-state index in [1.165, 1.54) is 24.5 Å². The molecule has 0 bridgehead atoms. The molecule has 8 heteroatoms. The summed E-state index contributed by atoms with van der Waals surface area (Å²) in [6.07, 6.45) is 1.07. The summed E-state index contributed by atoms with van der Waals surface area (Å²) in [5.41, 5.74) is 0.140. The van der Waals surface area contributed by atoms with Gasteiger partial charge in [-0.05, 0) is 24.6 Å². The predicted molar refractivity (Wildman–Crippen MR) is 102 cm³/mol. The van der Waals surface area contributed by atoms with Gasteiger partial charge < -0.3 is 4.74 Å². The van der Waals surface area contributed by atoms with Crippen LogP contribution in [0, 0.1) is 11.3 Å². The average Bonchev–Trinajstić information content (AvgIpc) is 2.98. The summed E-state index contributed by atoms with van der Waals surface area (Å²) in [6.45, 7) is 6.68. The number of halogens is 1. The van der Waals surface area contributed by atoms with Crippen LogP contribution in [0.5, 0.6) is 5.75 Å². The molecule has 0 aliphatic heterocycles. The molecule has 0 N–H and O–H groups in total. The van der Waals surface area contributed by atoms with E-state index in [0.717, 1.165) is 5.01 Å². The van der Waals surface area contributed by atoms with Crippen molar-refractivity contribution in [1.29, 1.82) is 5.26 Å². The number of unbranched alkanes of at least 4 members (excludes halogenated alkanes) is 1. The molecule has 0 radical (unpaired) electrons. The second kappa shape index (κ2) is 8.47. The van der Waals surface area contributed by atoms with Gasteiger partial charge in [-0.25, -0.2) is 4.68 Å². The number of carbonyl (C=O) groups excluding carboxylic acids is 1. The molecule has 1 amide bonds. The van der Waals surface area contributed by atoms with Gasteiger partial charge in [0.1, 0.15) is 10.8 Å². The van der Waals surface area contributed by atoms with Gasteiger partial charge in [-0.1, -0.05) is 43.7 Å². The van der Waals surface area contributed by atoms with Gasteiger partial charge in [-0.3, -0.25) is 4.79 Å². The van der Waals surface area contributed by atoms with Gasteiger partial charge in [0.05, 0.1) is 18.7 Å². The number of rotatable bonds is 5. The van der Waals surface area contributed by atoms with Crippen molar-refractivity contribution in [3.05, 3.63) is 38.6 Å². The number of nitriles is 1.